The zero-order valence-corrected chi connectivity index (χ0v) is 8.37. The fraction of sp³-hybridized carbons (Fsp3) is 0.833. The number of aliphatic hydroxyl groups excluding tert-OH is 1. The molecule has 0 aliphatic rings. The second kappa shape index (κ2) is 5.15. The van der Waals surface area contributed by atoms with Gasteiger partial charge in [0.15, 0.2) is 5.75 Å². The number of nitrogens with zero attached hydrogens (tertiary/aromatic N) is 1. The summed E-state index contributed by atoms with van der Waals surface area (Å²) in [7, 11) is -1.23. The highest BCUT2D eigenvalue weighted by molar-refractivity contribution is 7.89. The van der Waals surface area contributed by atoms with Crippen LogP contribution in [0.1, 0.15) is 0 Å². The van der Waals surface area contributed by atoms with Crippen LogP contribution in [-0.4, -0.2) is 56.9 Å². The largest absolute Gasteiger partial charge is 0.468 e. The maximum Gasteiger partial charge on any atom is 0.322 e. The molecule has 0 fully saturated rings. The molecular formula is C6H13NO5S. The topological polar surface area (TPSA) is 83.9 Å². The van der Waals surface area contributed by atoms with Crippen molar-refractivity contribution in [2.75, 3.05) is 33.1 Å². The lowest BCUT2D eigenvalue weighted by atomic mass is 10.7. The highest BCUT2D eigenvalue weighted by Gasteiger charge is 2.21. The zero-order chi connectivity index (χ0) is 10.5. The molecule has 0 atom stereocenters. The summed E-state index contributed by atoms with van der Waals surface area (Å²) in [6, 6.07) is 0. The number of carbonyl (C=O) groups excluding carboxylic acids is 1. The molecular weight excluding hydrogens is 198 g/mol. The predicted octanol–water partition coefficient (Wildman–Crippen LogP) is -1.59. The van der Waals surface area contributed by atoms with Gasteiger partial charge in [0.1, 0.15) is 0 Å². The summed E-state index contributed by atoms with van der Waals surface area (Å²) < 4.78 is 27.5. The standard InChI is InChI=1S/C6H13NO5S/c1-7(3-4-8)13(10,11)5-6(9)12-2/h8H,3-5H2,1-2H3. The van der Waals surface area contributed by atoms with Gasteiger partial charge in [-0.15, -0.1) is 0 Å². The summed E-state index contributed by atoms with van der Waals surface area (Å²) in [5.41, 5.74) is 0. The van der Waals surface area contributed by atoms with Gasteiger partial charge in [-0.2, -0.15) is 0 Å². The third-order valence-electron chi connectivity index (χ3n) is 1.42. The molecule has 0 spiro atoms. The first-order valence-electron chi connectivity index (χ1n) is 3.55. The smallest absolute Gasteiger partial charge is 0.322 e. The van der Waals surface area contributed by atoms with Crippen molar-refractivity contribution in [2.24, 2.45) is 0 Å². The Morgan fingerprint density at radius 3 is 2.46 bits per heavy atom. The number of hydrogen-bond donors (Lipinski definition) is 1. The Morgan fingerprint density at radius 1 is 1.54 bits per heavy atom. The lowest BCUT2D eigenvalue weighted by Crippen LogP contribution is -2.34. The molecule has 78 valence electrons. The van der Waals surface area contributed by atoms with E-state index in [1.165, 1.54) is 7.05 Å². The minimum atomic E-state index is -3.63. The molecule has 0 radical (unpaired) electrons. The van der Waals surface area contributed by atoms with Gasteiger partial charge in [-0.3, -0.25) is 4.79 Å². The summed E-state index contributed by atoms with van der Waals surface area (Å²) >= 11 is 0. The van der Waals surface area contributed by atoms with E-state index in [0.29, 0.717) is 0 Å². The molecule has 0 saturated carbocycles. The van der Waals surface area contributed by atoms with Crippen LogP contribution in [0, 0.1) is 0 Å². The van der Waals surface area contributed by atoms with Crippen molar-refractivity contribution in [3.05, 3.63) is 0 Å². The Bertz CT molecular complexity index is 260. The summed E-state index contributed by atoms with van der Waals surface area (Å²) in [6.45, 7) is -0.309. The number of aliphatic hydroxyl groups is 1. The molecule has 0 rings (SSSR count). The van der Waals surface area contributed by atoms with Gasteiger partial charge in [0.05, 0.1) is 13.7 Å². The lowest BCUT2D eigenvalue weighted by Gasteiger charge is -2.14. The number of carbonyl (C=O) groups is 1. The lowest BCUT2D eigenvalue weighted by molar-refractivity contribution is -0.137. The van der Waals surface area contributed by atoms with Crippen LogP contribution < -0.4 is 0 Å². The number of rotatable bonds is 5. The van der Waals surface area contributed by atoms with Gasteiger partial charge < -0.3 is 9.84 Å². The monoisotopic (exact) mass is 211 g/mol. The van der Waals surface area contributed by atoms with Crippen molar-refractivity contribution in [3.8, 4) is 0 Å². The Balaban J connectivity index is 4.31. The zero-order valence-electron chi connectivity index (χ0n) is 7.56. The maximum atomic E-state index is 11.2. The molecule has 7 heteroatoms. The van der Waals surface area contributed by atoms with Crippen molar-refractivity contribution in [3.63, 3.8) is 0 Å². The predicted molar refractivity (Wildman–Crippen MR) is 45.5 cm³/mol. The van der Waals surface area contributed by atoms with Gasteiger partial charge in [-0.05, 0) is 0 Å². The number of likely N-dealkylation sites (N-methyl/N-ethyl adjacent to an activating group) is 1. The fourth-order valence-electron chi connectivity index (χ4n) is 0.598. The van der Waals surface area contributed by atoms with E-state index in [-0.39, 0.29) is 13.2 Å². The van der Waals surface area contributed by atoms with Gasteiger partial charge in [0.25, 0.3) is 0 Å². The summed E-state index contributed by atoms with van der Waals surface area (Å²) in [5.74, 6) is -1.51. The van der Waals surface area contributed by atoms with E-state index >= 15 is 0 Å². The molecule has 0 aliphatic heterocycles. The molecule has 0 bridgehead atoms. The van der Waals surface area contributed by atoms with Crippen LogP contribution >= 0.6 is 0 Å². The normalized spacial score (nSPS) is 11.7. The van der Waals surface area contributed by atoms with E-state index in [1.807, 2.05) is 0 Å². The number of hydrogen-bond acceptors (Lipinski definition) is 5. The van der Waals surface area contributed by atoms with E-state index in [2.05, 4.69) is 4.74 Å². The minimum absolute atomic E-state index is 0.0284. The van der Waals surface area contributed by atoms with E-state index in [4.69, 9.17) is 5.11 Å². The van der Waals surface area contributed by atoms with Gasteiger partial charge in [-0.25, -0.2) is 12.7 Å². The highest BCUT2D eigenvalue weighted by Crippen LogP contribution is 1.97. The average molecular weight is 211 g/mol. The Kier molecular flexibility index (Phi) is 4.89. The SMILES string of the molecule is COC(=O)CS(=O)(=O)N(C)CCO. The Labute approximate surface area is 77.2 Å². The third kappa shape index (κ3) is 4.20. The van der Waals surface area contributed by atoms with E-state index < -0.39 is 21.7 Å². The molecule has 0 aromatic heterocycles. The molecule has 0 unspecified atom stereocenters. The number of methoxy groups -OCH3 is 1. The molecule has 0 aromatic rings. The van der Waals surface area contributed by atoms with Crippen molar-refractivity contribution >= 4 is 16.0 Å². The maximum absolute atomic E-state index is 11.2. The molecule has 0 saturated heterocycles. The average Bonchev–Trinajstić information content (AvgIpc) is 2.04. The Hall–Kier alpha value is -0.660. The van der Waals surface area contributed by atoms with Gasteiger partial charge in [-0.1, -0.05) is 0 Å². The number of esters is 1. The van der Waals surface area contributed by atoms with Gasteiger partial charge in [0, 0.05) is 13.6 Å². The van der Waals surface area contributed by atoms with Crippen LogP contribution in [0.3, 0.4) is 0 Å². The first-order chi connectivity index (χ1) is 5.94. The molecule has 1 N–H and O–H groups in total. The number of ether oxygens (including phenoxy) is 1. The fourth-order valence-corrected chi connectivity index (χ4v) is 1.59. The summed E-state index contributed by atoms with van der Waals surface area (Å²) in [6.07, 6.45) is 0. The van der Waals surface area contributed by atoms with E-state index in [0.717, 1.165) is 11.4 Å². The molecule has 13 heavy (non-hydrogen) atoms. The Morgan fingerprint density at radius 2 is 2.08 bits per heavy atom. The van der Waals surface area contributed by atoms with Crippen LogP contribution in [0.5, 0.6) is 0 Å². The van der Waals surface area contributed by atoms with Crippen LogP contribution in [0.4, 0.5) is 0 Å². The highest BCUT2D eigenvalue weighted by atomic mass is 32.2. The molecule has 6 nitrogen and oxygen atoms in total. The van der Waals surface area contributed by atoms with Crippen molar-refractivity contribution in [2.45, 2.75) is 0 Å². The molecule has 0 heterocycles. The van der Waals surface area contributed by atoms with Crippen molar-refractivity contribution in [1.82, 2.24) is 4.31 Å². The molecule has 0 amide bonds. The van der Waals surface area contributed by atoms with Crippen LogP contribution in [-0.2, 0) is 19.6 Å². The summed E-state index contributed by atoms with van der Waals surface area (Å²) in [5, 5.41) is 8.47. The van der Waals surface area contributed by atoms with E-state index in [1.54, 1.807) is 0 Å². The third-order valence-corrected chi connectivity index (χ3v) is 3.15. The van der Waals surface area contributed by atoms with Crippen molar-refractivity contribution in [1.29, 1.82) is 0 Å². The molecule has 0 aliphatic carbocycles. The van der Waals surface area contributed by atoms with Crippen LogP contribution in [0.15, 0.2) is 0 Å². The van der Waals surface area contributed by atoms with Crippen LogP contribution in [0.25, 0.3) is 0 Å². The van der Waals surface area contributed by atoms with Gasteiger partial charge in [0.2, 0.25) is 10.0 Å². The first-order valence-corrected chi connectivity index (χ1v) is 5.16. The second-order valence-electron chi connectivity index (χ2n) is 2.38. The minimum Gasteiger partial charge on any atom is -0.468 e. The molecule has 0 aromatic carbocycles. The quantitative estimate of drug-likeness (QED) is 0.554. The second-order valence-corrected chi connectivity index (χ2v) is 4.45. The van der Waals surface area contributed by atoms with Crippen molar-refractivity contribution < 1.29 is 23.1 Å². The number of sulfonamides is 1. The van der Waals surface area contributed by atoms with Gasteiger partial charge >= 0.3 is 5.97 Å². The van der Waals surface area contributed by atoms with Crippen LogP contribution in [0.2, 0.25) is 0 Å². The first kappa shape index (κ1) is 12.3. The summed E-state index contributed by atoms with van der Waals surface area (Å²) in [4.78, 5) is 10.6. The van der Waals surface area contributed by atoms with E-state index in [9.17, 15) is 13.2 Å².